The molecule has 0 spiro atoms. The summed E-state index contributed by atoms with van der Waals surface area (Å²) in [5.74, 6) is 0.679. The molecule has 5 heteroatoms. The highest BCUT2D eigenvalue weighted by Gasteiger charge is 2.06. The normalized spacial score (nSPS) is 10.1. The number of nitrogens with zero attached hydrogens (tertiary/aromatic N) is 2. The molecule has 1 heterocycles. The number of aryl methyl sites for hydroxylation is 1. The molecular formula is C13H15N3O2. The highest BCUT2D eigenvalue weighted by Crippen LogP contribution is 2.13. The number of ether oxygens (including phenoxy) is 1. The Bertz CT molecular complexity index is 549. The minimum Gasteiger partial charge on any atom is -0.497 e. The third-order valence-corrected chi connectivity index (χ3v) is 2.49. The van der Waals surface area contributed by atoms with Gasteiger partial charge in [0.05, 0.1) is 25.4 Å². The molecule has 0 radical (unpaired) electrons. The molecule has 0 aliphatic heterocycles. The fourth-order valence-corrected chi connectivity index (χ4v) is 1.66. The Morgan fingerprint density at radius 1 is 1.50 bits per heavy atom. The van der Waals surface area contributed by atoms with Crippen LogP contribution in [0.3, 0.4) is 0 Å². The lowest BCUT2D eigenvalue weighted by Gasteiger charge is -2.04. The summed E-state index contributed by atoms with van der Waals surface area (Å²) in [5, 5.41) is 6.77. The van der Waals surface area contributed by atoms with Gasteiger partial charge in [-0.25, -0.2) is 0 Å². The molecule has 0 aliphatic rings. The molecule has 0 saturated heterocycles. The van der Waals surface area contributed by atoms with Crippen molar-refractivity contribution in [3.8, 4) is 5.75 Å². The molecule has 0 atom stereocenters. The minimum absolute atomic E-state index is 0.0729. The molecule has 0 saturated carbocycles. The van der Waals surface area contributed by atoms with Crippen molar-refractivity contribution in [2.24, 2.45) is 7.05 Å². The van der Waals surface area contributed by atoms with Crippen molar-refractivity contribution < 1.29 is 9.53 Å². The van der Waals surface area contributed by atoms with Crippen molar-refractivity contribution in [3.05, 3.63) is 42.2 Å². The first-order chi connectivity index (χ1) is 8.67. The predicted molar refractivity (Wildman–Crippen MR) is 68.5 cm³/mol. The van der Waals surface area contributed by atoms with Gasteiger partial charge >= 0.3 is 0 Å². The molecule has 0 aliphatic carbocycles. The van der Waals surface area contributed by atoms with Crippen LogP contribution in [0.1, 0.15) is 5.56 Å². The molecular weight excluding hydrogens is 230 g/mol. The zero-order chi connectivity index (χ0) is 13.0. The summed E-state index contributed by atoms with van der Waals surface area (Å²) in [5.41, 5.74) is 1.61. The lowest BCUT2D eigenvalue weighted by Crippen LogP contribution is -2.13. The van der Waals surface area contributed by atoms with Gasteiger partial charge in [-0.3, -0.25) is 9.48 Å². The summed E-state index contributed by atoms with van der Waals surface area (Å²) in [6, 6.07) is 7.46. The van der Waals surface area contributed by atoms with Crippen molar-refractivity contribution in [1.29, 1.82) is 0 Å². The highest BCUT2D eigenvalue weighted by molar-refractivity contribution is 5.92. The van der Waals surface area contributed by atoms with Gasteiger partial charge in [0.15, 0.2) is 0 Å². The van der Waals surface area contributed by atoms with E-state index in [0.717, 1.165) is 11.3 Å². The third kappa shape index (κ3) is 3.10. The Labute approximate surface area is 105 Å². The number of carbonyl (C=O) groups excluding carboxylic acids is 1. The number of benzene rings is 1. The Balaban J connectivity index is 1.98. The molecule has 0 fully saturated rings. The summed E-state index contributed by atoms with van der Waals surface area (Å²) in [6.07, 6.45) is 3.68. The van der Waals surface area contributed by atoms with Crippen LogP contribution in [-0.2, 0) is 18.3 Å². The molecule has 2 aromatic rings. The minimum atomic E-state index is -0.0729. The maximum Gasteiger partial charge on any atom is 0.228 e. The standard InChI is InChI=1S/C13H15N3O2/c1-16-9-11(8-14-16)15-13(17)7-10-4-3-5-12(6-10)18-2/h3-6,8-9H,7H2,1-2H3,(H,15,17). The quantitative estimate of drug-likeness (QED) is 0.890. The van der Waals surface area contributed by atoms with E-state index >= 15 is 0 Å². The van der Waals surface area contributed by atoms with E-state index in [9.17, 15) is 4.79 Å². The fraction of sp³-hybridized carbons (Fsp3) is 0.231. The smallest absolute Gasteiger partial charge is 0.228 e. The maximum atomic E-state index is 11.8. The van der Waals surface area contributed by atoms with Gasteiger partial charge < -0.3 is 10.1 Å². The van der Waals surface area contributed by atoms with Gasteiger partial charge in [-0.2, -0.15) is 5.10 Å². The monoisotopic (exact) mass is 245 g/mol. The third-order valence-electron chi connectivity index (χ3n) is 2.49. The van der Waals surface area contributed by atoms with E-state index in [1.807, 2.05) is 24.3 Å². The zero-order valence-corrected chi connectivity index (χ0v) is 10.4. The van der Waals surface area contributed by atoms with Crippen molar-refractivity contribution in [1.82, 2.24) is 9.78 Å². The number of nitrogens with one attached hydrogen (secondary N) is 1. The van der Waals surface area contributed by atoms with Gasteiger partial charge in [0, 0.05) is 13.2 Å². The number of carbonyl (C=O) groups is 1. The first kappa shape index (κ1) is 12.2. The molecule has 1 amide bonds. The number of hydrogen-bond acceptors (Lipinski definition) is 3. The molecule has 0 unspecified atom stereocenters. The first-order valence-electron chi connectivity index (χ1n) is 5.59. The molecule has 1 N–H and O–H groups in total. The van der Waals surface area contributed by atoms with Crippen molar-refractivity contribution in [3.63, 3.8) is 0 Å². The molecule has 1 aromatic carbocycles. The second-order valence-electron chi connectivity index (χ2n) is 3.98. The van der Waals surface area contributed by atoms with Crippen LogP contribution in [0.15, 0.2) is 36.7 Å². The topological polar surface area (TPSA) is 56.1 Å². The Morgan fingerprint density at radius 2 is 2.33 bits per heavy atom. The average Bonchev–Trinajstić information content (AvgIpc) is 2.74. The fourth-order valence-electron chi connectivity index (χ4n) is 1.66. The van der Waals surface area contributed by atoms with E-state index in [0.29, 0.717) is 12.1 Å². The van der Waals surface area contributed by atoms with E-state index in [1.165, 1.54) is 0 Å². The largest absolute Gasteiger partial charge is 0.497 e. The molecule has 2 rings (SSSR count). The number of methoxy groups -OCH3 is 1. The van der Waals surface area contributed by atoms with Crippen LogP contribution in [0, 0.1) is 0 Å². The van der Waals surface area contributed by atoms with Crippen LogP contribution in [0.4, 0.5) is 5.69 Å². The lowest BCUT2D eigenvalue weighted by molar-refractivity contribution is -0.115. The number of hydrogen-bond donors (Lipinski definition) is 1. The number of amides is 1. The van der Waals surface area contributed by atoms with Gasteiger partial charge in [0.25, 0.3) is 0 Å². The summed E-state index contributed by atoms with van der Waals surface area (Å²) in [7, 11) is 3.41. The van der Waals surface area contributed by atoms with E-state index in [-0.39, 0.29) is 5.91 Å². The average molecular weight is 245 g/mol. The number of rotatable bonds is 4. The van der Waals surface area contributed by atoms with Gasteiger partial charge in [-0.05, 0) is 17.7 Å². The van der Waals surface area contributed by atoms with E-state index in [1.54, 1.807) is 31.2 Å². The van der Waals surface area contributed by atoms with Crippen LogP contribution < -0.4 is 10.1 Å². The second kappa shape index (κ2) is 5.35. The van der Waals surface area contributed by atoms with Gasteiger partial charge in [-0.1, -0.05) is 12.1 Å². The Hall–Kier alpha value is -2.30. The SMILES string of the molecule is COc1cccc(CC(=O)Nc2cnn(C)c2)c1. The highest BCUT2D eigenvalue weighted by atomic mass is 16.5. The Kier molecular flexibility index (Phi) is 3.62. The van der Waals surface area contributed by atoms with Crippen LogP contribution in [0.2, 0.25) is 0 Å². The predicted octanol–water partition coefficient (Wildman–Crippen LogP) is 1.61. The second-order valence-corrected chi connectivity index (χ2v) is 3.98. The summed E-state index contributed by atoms with van der Waals surface area (Å²) < 4.78 is 6.75. The van der Waals surface area contributed by atoms with Crippen LogP contribution in [0.25, 0.3) is 0 Å². The van der Waals surface area contributed by atoms with Gasteiger partial charge in [0.2, 0.25) is 5.91 Å². The van der Waals surface area contributed by atoms with E-state index < -0.39 is 0 Å². The first-order valence-corrected chi connectivity index (χ1v) is 5.59. The van der Waals surface area contributed by atoms with Crippen LogP contribution in [-0.4, -0.2) is 22.8 Å². The van der Waals surface area contributed by atoms with Gasteiger partial charge in [0.1, 0.15) is 5.75 Å². The zero-order valence-electron chi connectivity index (χ0n) is 10.4. The Morgan fingerprint density at radius 3 is 3.00 bits per heavy atom. The van der Waals surface area contributed by atoms with Crippen molar-refractivity contribution >= 4 is 11.6 Å². The van der Waals surface area contributed by atoms with Crippen molar-refractivity contribution in [2.75, 3.05) is 12.4 Å². The number of anilines is 1. The van der Waals surface area contributed by atoms with Crippen LogP contribution >= 0.6 is 0 Å². The molecule has 0 bridgehead atoms. The molecule has 5 nitrogen and oxygen atoms in total. The maximum absolute atomic E-state index is 11.8. The van der Waals surface area contributed by atoms with Crippen molar-refractivity contribution in [2.45, 2.75) is 6.42 Å². The lowest BCUT2D eigenvalue weighted by atomic mass is 10.1. The molecule has 94 valence electrons. The summed E-state index contributed by atoms with van der Waals surface area (Å²) in [4.78, 5) is 11.8. The number of aromatic nitrogens is 2. The summed E-state index contributed by atoms with van der Waals surface area (Å²) >= 11 is 0. The van der Waals surface area contributed by atoms with E-state index in [2.05, 4.69) is 10.4 Å². The summed E-state index contributed by atoms with van der Waals surface area (Å²) in [6.45, 7) is 0. The molecule has 18 heavy (non-hydrogen) atoms. The van der Waals surface area contributed by atoms with Gasteiger partial charge in [-0.15, -0.1) is 0 Å². The van der Waals surface area contributed by atoms with Crippen LogP contribution in [0.5, 0.6) is 5.75 Å². The molecule has 1 aromatic heterocycles. The van der Waals surface area contributed by atoms with E-state index in [4.69, 9.17) is 4.74 Å².